The van der Waals surface area contributed by atoms with Gasteiger partial charge in [-0.05, 0) is 50.4 Å². The fraction of sp³-hybridized carbons (Fsp3) is 0.824. The van der Waals surface area contributed by atoms with Crippen molar-refractivity contribution in [3.63, 3.8) is 0 Å². The molecule has 0 atom stereocenters. The van der Waals surface area contributed by atoms with E-state index in [4.69, 9.17) is 10.5 Å². The smallest absolute Gasteiger partial charge is 0.157 e. The molecule has 0 aliphatic heterocycles. The summed E-state index contributed by atoms with van der Waals surface area (Å²) in [5.74, 6) is 2.42. The first-order chi connectivity index (χ1) is 10.3. The van der Waals surface area contributed by atoms with Crippen molar-refractivity contribution in [2.24, 2.45) is 17.6 Å². The first kappa shape index (κ1) is 17.6. The Morgan fingerprint density at radius 1 is 1.05 bits per heavy atom. The summed E-state index contributed by atoms with van der Waals surface area (Å²) < 4.78 is 8.00. The molecule has 2 N–H and O–H groups in total. The van der Waals surface area contributed by atoms with E-state index in [0.29, 0.717) is 12.0 Å². The zero-order valence-corrected chi connectivity index (χ0v) is 14.3. The molecule has 126 valence electrons. The van der Waals surface area contributed by atoms with Gasteiger partial charge in [-0.1, -0.05) is 19.3 Å². The molecule has 0 amide bonds. The average Bonchev–Trinajstić information content (AvgIpc) is 2.95. The predicted molar refractivity (Wildman–Crippen MR) is 91.5 cm³/mol. The van der Waals surface area contributed by atoms with E-state index in [-0.39, 0.29) is 12.4 Å². The molecule has 0 bridgehead atoms. The Labute approximate surface area is 140 Å². The van der Waals surface area contributed by atoms with Crippen LogP contribution in [0.15, 0.2) is 12.4 Å². The van der Waals surface area contributed by atoms with E-state index < -0.39 is 0 Å². The van der Waals surface area contributed by atoms with Crippen LogP contribution in [0.3, 0.4) is 0 Å². The van der Waals surface area contributed by atoms with E-state index in [1.807, 2.05) is 6.20 Å². The third-order valence-corrected chi connectivity index (χ3v) is 5.16. The Morgan fingerprint density at radius 2 is 1.77 bits per heavy atom. The summed E-state index contributed by atoms with van der Waals surface area (Å²) in [5.41, 5.74) is 5.94. The van der Waals surface area contributed by atoms with Crippen LogP contribution in [0.25, 0.3) is 0 Å². The van der Waals surface area contributed by atoms with E-state index in [9.17, 15) is 0 Å². The maximum atomic E-state index is 5.94. The van der Waals surface area contributed by atoms with Gasteiger partial charge in [0.15, 0.2) is 5.75 Å². The van der Waals surface area contributed by atoms with Crippen LogP contribution in [0, 0.1) is 11.8 Å². The SMILES string of the molecule is Cl.NC1CCC(COc2cnn(CC3CCCCC3)c2)CC1. The van der Waals surface area contributed by atoms with E-state index in [2.05, 4.69) is 16.0 Å². The highest BCUT2D eigenvalue weighted by Gasteiger charge is 2.19. The van der Waals surface area contributed by atoms with Crippen LogP contribution in [0.1, 0.15) is 57.8 Å². The van der Waals surface area contributed by atoms with Crippen LogP contribution in [0.2, 0.25) is 0 Å². The molecule has 1 heterocycles. The minimum Gasteiger partial charge on any atom is -0.490 e. The first-order valence-electron chi connectivity index (χ1n) is 8.70. The van der Waals surface area contributed by atoms with E-state index in [1.165, 1.54) is 44.9 Å². The molecule has 2 aliphatic rings. The van der Waals surface area contributed by atoms with Crippen LogP contribution in [-0.4, -0.2) is 22.4 Å². The maximum absolute atomic E-state index is 5.94. The van der Waals surface area contributed by atoms with Crippen molar-refractivity contribution in [2.45, 2.75) is 70.4 Å². The topological polar surface area (TPSA) is 53.1 Å². The monoisotopic (exact) mass is 327 g/mol. The number of nitrogens with two attached hydrogens (primary N) is 1. The molecule has 2 aliphatic carbocycles. The molecule has 22 heavy (non-hydrogen) atoms. The molecule has 0 saturated heterocycles. The van der Waals surface area contributed by atoms with Crippen molar-refractivity contribution in [2.75, 3.05) is 6.61 Å². The van der Waals surface area contributed by atoms with E-state index in [1.54, 1.807) is 0 Å². The van der Waals surface area contributed by atoms with Crippen LogP contribution in [-0.2, 0) is 6.54 Å². The number of hydrogen-bond acceptors (Lipinski definition) is 3. The molecular formula is C17H30ClN3O. The standard InChI is InChI=1S/C17H29N3O.ClH/c18-16-8-6-15(7-9-16)13-21-17-10-19-20(12-17)11-14-4-2-1-3-5-14;/h10,12,14-16H,1-9,11,13,18H2;1H. The zero-order chi connectivity index (χ0) is 14.5. The Morgan fingerprint density at radius 3 is 2.50 bits per heavy atom. The van der Waals surface area contributed by atoms with Gasteiger partial charge in [-0.3, -0.25) is 4.68 Å². The molecule has 0 spiro atoms. The number of ether oxygens (including phenoxy) is 1. The van der Waals surface area contributed by atoms with Crippen molar-refractivity contribution in [1.29, 1.82) is 0 Å². The number of halogens is 1. The molecule has 2 saturated carbocycles. The zero-order valence-electron chi connectivity index (χ0n) is 13.5. The van der Waals surface area contributed by atoms with Crippen molar-refractivity contribution in [3.05, 3.63) is 12.4 Å². The van der Waals surface area contributed by atoms with Crippen molar-refractivity contribution in [3.8, 4) is 5.75 Å². The molecule has 0 aromatic carbocycles. The normalized spacial score (nSPS) is 26.4. The van der Waals surface area contributed by atoms with Gasteiger partial charge < -0.3 is 10.5 Å². The highest BCUT2D eigenvalue weighted by atomic mass is 35.5. The van der Waals surface area contributed by atoms with Gasteiger partial charge in [-0.2, -0.15) is 5.10 Å². The van der Waals surface area contributed by atoms with Crippen molar-refractivity contribution < 1.29 is 4.74 Å². The molecule has 0 radical (unpaired) electrons. The highest BCUT2D eigenvalue weighted by molar-refractivity contribution is 5.85. The summed E-state index contributed by atoms with van der Waals surface area (Å²) in [5, 5.41) is 4.46. The lowest BCUT2D eigenvalue weighted by Crippen LogP contribution is -2.28. The maximum Gasteiger partial charge on any atom is 0.157 e. The molecule has 4 nitrogen and oxygen atoms in total. The molecule has 3 rings (SSSR count). The summed E-state index contributed by atoms with van der Waals surface area (Å²) in [6, 6.07) is 0.416. The second kappa shape index (κ2) is 8.78. The number of hydrogen-bond donors (Lipinski definition) is 1. The molecule has 0 unspecified atom stereocenters. The minimum atomic E-state index is 0. The Bertz CT molecular complexity index is 423. The number of aromatic nitrogens is 2. The predicted octanol–water partition coefficient (Wildman–Crippen LogP) is 3.78. The molecule has 1 aromatic rings. The third kappa shape index (κ3) is 5.17. The van der Waals surface area contributed by atoms with E-state index in [0.717, 1.165) is 37.7 Å². The minimum absolute atomic E-state index is 0. The summed E-state index contributed by atoms with van der Waals surface area (Å²) in [6.07, 6.45) is 15.6. The van der Waals surface area contributed by atoms with Gasteiger partial charge in [0.1, 0.15) is 0 Å². The lowest BCUT2D eigenvalue weighted by molar-refractivity contribution is 0.200. The Kier molecular flexibility index (Phi) is 7.03. The third-order valence-electron chi connectivity index (χ3n) is 5.16. The van der Waals surface area contributed by atoms with Crippen LogP contribution < -0.4 is 10.5 Å². The summed E-state index contributed by atoms with van der Waals surface area (Å²) in [4.78, 5) is 0. The highest BCUT2D eigenvalue weighted by Crippen LogP contribution is 2.26. The number of rotatable bonds is 5. The van der Waals surface area contributed by atoms with Gasteiger partial charge in [0.25, 0.3) is 0 Å². The van der Waals surface area contributed by atoms with Crippen molar-refractivity contribution >= 4 is 12.4 Å². The van der Waals surface area contributed by atoms with Crippen LogP contribution in [0.4, 0.5) is 0 Å². The summed E-state index contributed by atoms with van der Waals surface area (Å²) >= 11 is 0. The second-order valence-electron chi connectivity index (χ2n) is 6.99. The van der Waals surface area contributed by atoms with Gasteiger partial charge in [-0.25, -0.2) is 0 Å². The summed E-state index contributed by atoms with van der Waals surface area (Å²) in [7, 11) is 0. The van der Waals surface area contributed by atoms with Gasteiger partial charge in [-0.15, -0.1) is 12.4 Å². The Hall–Kier alpha value is -0.740. The lowest BCUT2D eigenvalue weighted by atomic mass is 9.87. The first-order valence-corrected chi connectivity index (χ1v) is 8.70. The number of nitrogens with zero attached hydrogens (tertiary/aromatic N) is 2. The Balaban J connectivity index is 0.00000176. The van der Waals surface area contributed by atoms with Crippen molar-refractivity contribution in [1.82, 2.24) is 9.78 Å². The molecular weight excluding hydrogens is 298 g/mol. The van der Waals surface area contributed by atoms with E-state index >= 15 is 0 Å². The molecule has 1 aromatic heterocycles. The van der Waals surface area contributed by atoms with Gasteiger partial charge >= 0.3 is 0 Å². The lowest BCUT2D eigenvalue weighted by Gasteiger charge is -2.25. The van der Waals surface area contributed by atoms with Gasteiger partial charge in [0.2, 0.25) is 0 Å². The largest absolute Gasteiger partial charge is 0.490 e. The second-order valence-corrected chi connectivity index (χ2v) is 6.99. The fourth-order valence-electron chi connectivity index (χ4n) is 3.72. The van der Waals surface area contributed by atoms with Gasteiger partial charge in [0, 0.05) is 12.6 Å². The van der Waals surface area contributed by atoms with Crippen LogP contribution >= 0.6 is 12.4 Å². The molecule has 5 heteroatoms. The summed E-state index contributed by atoms with van der Waals surface area (Å²) in [6.45, 7) is 1.88. The van der Waals surface area contributed by atoms with Gasteiger partial charge in [0.05, 0.1) is 19.0 Å². The fourth-order valence-corrected chi connectivity index (χ4v) is 3.72. The average molecular weight is 328 g/mol. The molecule has 2 fully saturated rings. The quantitative estimate of drug-likeness (QED) is 0.895. The van der Waals surface area contributed by atoms with Crippen LogP contribution in [0.5, 0.6) is 5.75 Å².